The fourth-order valence-electron chi connectivity index (χ4n) is 3.75. The number of ketones is 1. The van der Waals surface area contributed by atoms with Gasteiger partial charge in [0.05, 0.1) is 0 Å². The zero-order valence-electron chi connectivity index (χ0n) is 15.5. The Morgan fingerprint density at radius 3 is 2.25 bits per heavy atom. The maximum absolute atomic E-state index is 13.4. The Morgan fingerprint density at radius 1 is 0.750 bits per heavy atom. The van der Waals surface area contributed by atoms with Gasteiger partial charge in [-0.1, -0.05) is 90.5 Å². The van der Waals surface area contributed by atoms with Crippen molar-refractivity contribution in [1.82, 2.24) is 0 Å². The number of aryl methyl sites for hydroxylation is 1. The van der Waals surface area contributed by atoms with Crippen LogP contribution in [0.5, 0.6) is 0 Å². The number of hydrogen-bond donors (Lipinski definition) is 0. The van der Waals surface area contributed by atoms with Crippen molar-refractivity contribution in [2.75, 3.05) is 0 Å². The second-order valence-corrected chi connectivity index (χ2v) is 7.03. The average Bonchev–Trinajstić information content (AvgIpc) is 3.14. The van der Waals surface area contributed by atoms with Crippen molar-refractivity contribution in [3.63, 3.8) is 0 Å². The molecule has 0 aliphatic carbocycles. The highest BCUT2D eigenvalue weighted by atomic mass is 16.3. The van der Waals surface area contributed by atoms with E-state index in [1.165, 1.54) is 0 Å². The summed E-state index contributed by atoms with van der Waals surface area (Å²) >= 11 is 0. The molecule has 0 N–H and O–H groups in total. The third kappa shape index (κ3) is 2.62. The Hall–Kier alpha value is -3.65. The zero-order valence-corrected chi connectivity index (χ0v) is 15.5. The molecule has 2 nitrogen and oxygen atoms in total. The molecule has 0 aliphatic heterocycles. The molecule has 134 valence electrons. The van der Waals surface area contributed by atoms with Crippen LogP contribution in [0, 0.1) is 6.92 Å². The topological polar surface area (TPSA) is 30.2 Å². The van der Waals surface area contributed by atoms with Gasteiger partial charge in [0, 0.05) is 16.5 Å². The van der Waals surface area contributed by atoms with E-state index in [0.717, 1.165) is 38.4 Å². The lowest BCUT2D eigenvalue weighted by Crippen LogP contribution is -2.01. The van der Waals surface area contributed by atoms with Gasteiger partial charge in [0.15, 0.2) is 5.76 Å². The Labute approximate surface area is 163 Å². The maximum atomic E-state index is 13.4. The van der Waals surface area contributed by atoms with Crippen LogP contribution in [0.1, 0.15) is 21.7 Å². The molecule has 0 amide bonds. The predicted octanol–water partition coefficient (Wildman–Crippen LogP) is 6.79. The van der Waals surface area contributed by atoms with Gasteiger partial charge in [-0.25, -0.2) is 0 Å². The van der Waals surface area contributed by atoms with Crippen LogP contribution < -0.4 is 0 Å². The third-order valence-corrected chi connectivity index (χ3v) is 5.16. The summed E-state index contributed by atoms with van der Waals surface area (Å²) in [6.45, 7) is 2.01. The first kappa shape index (κ1) is 16.5. The van der Waals surface area contributed by atoms with Crippen molar-refractivity contribution < 1.29 is 9.21 Å². The lowest BCUT2D eigenvalue weighted by atomic mass is 9.95. The van der Waals surface area contributed by atoms with Crippen molar-refractivity contribution in [3.05, 3.63) is 108 Å². The minimum absolute atomic E-state index is 0.0980. The van der Waals surface area contributed by atoms with Crippen LogP contribution >= 0.6 is 0 Å². The molecule has 0 saturated carbocycles. The van der Waals surface area contributed by atoms with Gasteiger partial charge in [0.25, 0.3) is 0 Å². The second kappa shape index (κ2) is 6.50. The van der Waals surface area contributed by atoms with Crippen LogP contribution in [0.4, 0.5) is 0 Å². The smallest absolute Gasteiger partial charge is 0.228 e. The Bertz CT molecular complexity index is 1310. The summed E-state index contributed by atoms with van der Waals surface area (Å²) in [5, 5.41) is 3.20. The fraction of sp³-hybridized carbons (Fsp3) is 0.0385. The highest BCUT2D eigenvalue weighted by Gasteiger charge is 2.24. The average molecular weight is 362 g/mol. The lowest BCUT2D eigenvalue weighted by molar-refractivity contribution is 0.101. The number of furan rings is 1. The monoisotopic (exact) mass is 362 g/mol. The van der Waals surface area contributed by atoms with E-state index in [-0.39, 0.29) is 5.78 Å². The van der Waals surface area contributed by atoms with Crippen LogP contribution in [0.15, 0.2) is 95.4 Å². The minimum atomic E-state index is -0.0980. The molecule has 0 atom stereocenters. The summed E-state index contributed by atoms with van der Waals surface area (Å²) in [6, 6.07) is 29.8. The van der Waals surface area contributed by atoms with E-state index >= 15 is 0 Å². The zero-order chi connectivity index (χ0) is 19.1. The summed E-state index contributed by atoms with van der Waals surface area (Å²) in [7, 11) is 0. The molecule has 1 heterocycles. The molecule has 2 heteroatoms. The van der Waals surface area contributed by atoms with E-state index in [1.807, 2.05) is 85.8 Å². The van der Waals surface area contributed by atoms with Crippen LogP contribution in [-0.4, -0.2) is 5.78 Å². The Kier molecular flexibility index (Phi) is 3.84. The van der Waals surface area contributed by atoms with Gasteiger partial charge in [0.2, 0.25) is 5.78 Å². The summed E-state index contributed by atoms with van der Waals surface area (Å²) in [6.07, 6.45) is 0. The first-order chi connectivity index (χ1) is 13.7. The van der Waals surface area contributed by atoms with Crippen molar-refractivity contribution >= 4 is 27.5 Å². The largest absolute Gasteiger partial charge is 0.452 e. The minimum Gasteiger partial charge on any atom is -0.452 e. The number of benzene rings is 4. The van der Waals surface area contributed by atoms with Crippen LogP contribution in [0.2, 0.25) is 0 Å². The number of rotatable bonds is 3. The molecule has 0 aliphatic rings. The Balaban J connectivity index is 1.85. The Morgan fingerprint density at radius 2 is 1.46 bits per heavy atom. The molecule has 0 bridgehead atoms. The van der Waals surface area contributed by atoms with Gasteiger partial charge in [-0.3, -0.25) is 4.79 Å². The van der Waals surface area contributed by atoms with E-state index in [2.05, 4.69) is 12.1 Å². The van der Waals surface area contributed by atoms with E-state index in [1.54, 1.807) is 0 Å². The molecule has 5 aromatic rings. The molecule has 0 fully saturated rings. The SMILES string of the molecule is Cc1ccc(C(=O)c2oc3ccc4ccccc4c3c2-c2ccccc2)cc1. The van der Waals surface area contributed by atoms with Gasteiger partial charge in [-0.15, -0.1) is 0 Å². The lowest BCUT2D eigenvalue weighted by Gasteiger charge is -2.05. The van der Waals surface area contributed by atoms with Crippen LogP contribution in [0.25, 0.3) is 32.9 Å². The second-order valence-electron chi connectivity index (χ2n) is 7.03. The number of carbonyl (C=O) groups excluding carboxylic acids is 1. The van der Waals surface area contributed by atoms with Gasteiger partial charge >= 0.3 is 0 Å². The van der Waals surface area contributed by atoms with Gasteiger partial charge in [-0.2, -0.15) is 0 Å². The number of carbonyl (C=O) groups is 1. The van der Waals surface area contributed by atoms with Crippen molar-refractivity contribution in [1.29, 1.82) is 0 Å². The first-order valence-electron chi connectivity index (χ1n) is 9.33. The fourth-order valence-corrected chi connectivity index (χ4v) is 3.75. The highest BCUT2D eigenvalue weighted by Crippen LogP contribution is 2.40. The van der Waals surface area contributed by atoms with Crippen molar-refractivity contribution in [3.8, 4) is 11.1 Å². The van der Waals surface area contributed by atoms with E-state index < -0.39 is 0 Å². The van der Waals surface area contributed by atoms with Crippen molar-refractivity contribution in [2.24, 2.45) is 0 Å². The summed E-state index contributed by atoms with van der Waals surface area (Å²) in [5.41, 5.74) is 4.32. The third-order valence-electron chi connectivity index (χ3n) is 5.16. The molecule has 0 unspecified atom stereocenters. The molecule has 1 aromatic heterocycles. The molecular formula is C26H18O2. The molecular weight excluding hydrogens is 344 g/mol. The van der Waals surface area contributed by atoms with Crippen LogP contribution in [0.3, 0.4) is 0 Å². The van der Waals surface area contributed by atoms with Crippen molar-refractivity contribution in [2.45, 2.75) is 6.92 Å². The predicted molar refractivity (Wildman–Crippen MR) is 114 cm³/mol. The van der Waals surface area contributed by atoms with Crippen LogP contribution in [-0.2, 0) is 0 Å². The molecule has 0 saturated heterocycles. The number of fused-ring (bicyclic) bond motifs is 3. The molecule has 4 aromatic carbocycles. The quantitative estimate of drug-likeness (QED) is 0.331. The normalized spacial score (nSPS) is 11.2. The van der Waals surface area contributed by atoms with Gasteiger partial charge in [0.1, 0.15) is 5.58 Å². The standard InChI is InChI=1S/C26H18O2/c1-17-11-13-20(14-12-17)25(27)26-23(19-8-3-2-4-9-19)24-21-10-6-5-7-18(21)15-16-22(24)28-26/h2-16H,1H3. The molecule has 0 radical (unpaired) electrons. The first-order valence-corrected chi connectivity index (χ1v) is 9.33. The molecule has 28 heavy (non-hydrogen) atoms. The summed E-state index contributed by atoms with van der Waals surface area (Å²) in [4.78, 5) is 13.4. The molecule has 5 rings (SSSR count). The van der Waals surface area contributed by atoms with Gasteiger partial charge in [-0.05, 0) is 29.3 Å². The van der Waals surface area contributed by atoms with Gasteiger partial charge < -0.3 is 4.42 Å². The van der Waals surface area contributed by atoms with E-state index in [9.17, 15) is 4.79 Å². The summed E-state index contributed by atoms with van der Waals surface area (Å²) < 4.78 is 6.16. The summed E-state index contributed by atoms with van der Waals surface area (Å²) in [5.74, 6) is 0.292. The molecule has 0 spiro atoms. The number of hydrogen-bond acceptors (Lipinski definition) is 2. The van der Waals surface area contributed by atoms with E-state index in [0.29, 0.717) is 11.3 Å². The highest BCUT2D eigenvalue weighted by molar-refractivity contribution is 6.21. The van der Waals surface area contributed by atoms with E-state index in [4.69, 9.17) is 4.42 Å². The maximum Gasteiger partial charge on any atom is 0.228 e.